The summed E-state index contributed by atoms with van der Waals surface area (Å²) in [6, 6.07) is 6.03. The molecule has 0 unspecified atom stereocenters. The molecule has 0 aliphatic rings. The predicted molar refractivity (Wildman–Crippen MR) is 91.9 cm³/mol. The highest BCUT2D eigenvalue weighted by molar-refractivity contribution is 5.62. The van der Waals surface area contributed by atoms with Crippen molar-refractivity contribution in [2.75, 3.05) is 32.7 Å². The van der Waals surface area contributed by atoms with Gasteiger partial charge in [0.1, 0.15) is 6.33 Å². The number of aromatic nitrogens is 4. The number of methoxy groups -OCH3 is 2. The van der Waals surface area contributed by atoms with Gasteiger partial charge >= 0.3 is 0 Å². The summed E-state index contributed by atoms with van der Waals surface area (Å²) in [6.07, 6.45) is 7.22. The highest BCUT2D eigenvalue weighted by atomic mass is 16.5. The van der Waals surface area contributed by atoms with Crippen molar-refractivity contribution in [3.05, 3.63) is 42.5 Å². The minimum absolute atomic E-state index is 0.751. The van der Waals surface area contributed by atoms with Gasteiger partial charge in [0.05, 0.1) is 14.2 Å². The number of hydrogen-bond donors (Lipinski definition) is 0. The van der Waals surface area contributed by atoms with Gasteiger partial charge in [-0.2, -0.15) is 0 Å². The zero-order valence-corrected chi connectivity index (χ0v) is 14.1. The Kier molecular flexibility index (Phi) is 4.79. The van der Waals surface area contributed by atoms with Gasteiger partial charge in [-0.15, -0.1) is 10.2 Å². The summed E-state index contributed by atoms with van der Waals surface area (Å²) in [7, 11) is 5.32. The third-order valence-corrected chi connectivity index (χ3v) is 3.97. The zero-order chi connectivity index (χ0) is 16.9. The highest BCUT2D eigenvalue weighted by Gasteiger charge is 2.10. The molecule has 3 rings (SSSR count). The van der Waals surface area contributed by atoms with Crippen LogP contribution in [0, 0.1) is 0 Å². The van der Waals surface area contributed by atoms with Crippen LogP contribution in [0.25, 0.3) is 5.65 Å². The van der Waals surface area contributed by atoms with Crippen molar-refractivity contribution >= 4 is 11.5 Å². The molecule has 0 N–H and O–H groups in total. The van der Waals surface area contributed by atoms with Gasteiger partial charge in [-0.05, 0) is 30.5 Å². The molecule has 0 aliphatic carbocycles. The molecule has 0 spiro atoms. The molecule has 3 aromatic rings. The zero-order valence-electron chi connectivity index (χ0n) is 14.1. The van der Waals surface area contributed by atoms with Gasteiger partial charge in [-0.1, -0.05) is 6.07 Å². The van der Waals surface area contributed by atoms with Crippen LogP contribution in [0.5, 0.6) is 11.5 Å². The molecule has 2 aromatic heterocycles. The molecule has 126 valence electrons. The summed E-state index contributed by atoms with van der Waals surface area (Å²) in [4.78, 5) is 6.52. The molecule has 0 fully saturated rings. The first-order valence-electron chi connectivity index (χ1n) is 7.79. The van der Waals surface area contributed by atoms with E-state index < -0.39 is 0 Å². The van der Waals surface area contributed by atoms with E-state index in [2.05, 4.69) is 26.1 Å². The summed E-state index contributed by atoms with van der Waals surface area (Å²) < 4.78 is 12.5. The minimum Gasteiger partial charge on any atom is -0.493 e. The fraction of sp³-hybridized carbons (Fsp3) is 0.353. The number of benzene rings is 1. The second-order valence-electron chi connectivity index (χ2n) is 5.53. The Balaban J connectivity index is 1.63. The molecule has 0 amide bonds. The molecular weight excluding hydrogens is 306 g/mol. The number of aryl methyl sites for hydroxylation is 1. The Morgan fingerprint density at radius 1 is 1.17 bits per heavy atom. The first-order valence-corrected chi connectivity index (χ1v) is 7.79. The van der Waals surface area contributed by atoms with Crippen molar-refractivity contribution in [2.24, 2.45) is 0 Å². The molecule has 0 atom stereocenters. The average Bonchev–Trinajstić information content (AvgIpc) is 3.10. The molecule has 0 radical (unpaired) electrons. The molecule has 7 heteroatoms. The number of rotatable bonds is 7. The number of fused-ring (bicyclic) bond motifs is 1. The third-order valence-electron chi connectivity index (χ3n) is 3.97. The van der Waals surface area contributed by atoms with Gasteiger partial charge in [0, 0.05) is 26.0 Å². The highest BCUT2D eigenvalue weighted by Crippen LogP contribution is 2.28. The van der Waals surface area contributed by atoms with Gasteiger partial charge in [-0.3, -0.25) is 4.40 Å². The van der Waals surface area contributed by atoms with Crippen LogP contribution in [0.15, 0.2) is 36.9 Å². The van der Waals surface area contributed by atoms with E-state index in [1.807, 2.05) is 29.8 Å². The van der Waals surface area contributed by atoms with E-state index in [1.165, 1.54) is 5.56 Å². The monoisotopic (exact) mass is 327 g/mol. The number of anilines is 1. The van der Waals surface area contributed by atoms with Crippen molar-refractivity contribution in [2.45, 2.75) is 12.8 Å². The predicted octanol–water partition coefficient (Wildman–Crippen LogP) is 2.21. The number of ether oxygens (including phenoxy) is 2. The molecule has 0 saturated heterocycles. The number of hydrogen-bond acceptors (Lipinski definition) is 6. The van der Waals surface area contributed by atoms with Crippen LogP contribution in [0.2, 0.25) is 0 Å². The second kappa shape index (κ2) is 7.16. The molecule has 2 heterocycles. The minimum atomic E-state index is 0.751. The van der Waals surface area contributed by atoms with E-state index >= 15 is 0 Å². The first kappa shape index (κ1) is 16.0. The van der Waals surface area contributed by atoms with Gasteiger partial charge in [0.25, 0.3) is 0 Å². The topological polar surface area (TPSA) is 64.8 Å². The normalized spacial score (nSPS) is 10.8. The van der Waals surface area contributed by atoms with Crippen LogP contribution in [-0.2, 0) is 6.42 Å². The van der Waals surface area contributed by atoms with Crippen molar-refractivity contribution in [3.63, 3.8) is 0 Å². The molecule has 0 saturated carbocycles. The van der Waals surface area contributed by atoms with Gasteiger partial charge in [-0.25, -0.2) is 4.98 Å². The van der Waals surface area contributed by atoms with E-state index in [1.54, 1.807) is 26.7 Å². The molecular formula is C17H21N5O2. The Morgan fingerprint density at radius 3 is 2.79 bits per heavy atom. The fourth-order valence-corrected chi connectivity index (χ4v) is 2.68. The lowest BCUT2D eigenvalue weighted by Gasteiger charge is -2.18. The summed E-state index contributed by atoms with van der Waals surface area (Å²) >= 11 is 0. The average molecular weight is 327 g/mol. The standard InChI is InChI=1S/C17H21N5O2/c1-21(16-17-20-19-12-22(17)10-8-18-16)9-4-5-13-6-7-14(23-2)15(11-13)24-3/h6-8,10-12H,4-5,9H2,1-3H3. The van der Waals surface area contributed by atoms with Crippen molar-refractivity contribution in [1.29, 1.82) is 0 Å². The molecule has 0 bridgehead atoms. The lowest BCUT2D eigenvalue weighted by atomic mass is 10.1. The lowest BCUT2D eigenvalue weighted by molar-refractivity contribution is 0.354. The van der Waals surface area contributed by atoms with Gasteiger partial charge < -0.3 is 14.4 Å². The van der Waals surface area contributed by atoms with Crippen molar-refractivity contribution in [1.82, 2.24) is 19.6 Å². The van der Waals surface area contributed by atoms with E-state index in [0.717, 1.165) is 42.4 Å². The summed E-state index contributed by atoms with van der Waals surface area (Å²) in [5.74, 6) is 2.35. The number of nitrogens with zero attached hydrogens (tertiary/aromatic N) is 5. The van der Waals surface area contributed by atoms with Crippen LogP contribution in [0.4, 0.5) is 5.82 Å². The first-order chi connectivity index (χ1) is 11.7. The second-order valence-corrected chi connectivity index (χ2v) is 5.53. The fourth-order valence-electron chi connectivity index (χ4n) is 2.68. The maximum absolute atomic E-state index is 5.35. The summed E-state index contributed by atoms with van der Waals surface area (Å²) in [5, 5.41) is 8.05. The van der Waals surface area contributed by atoms with E-state index in [-0.39, 0.29) is 0 Å². The van der Waals surface area contributed by atoms with E-state index in [0.29, 0.717) is 0 Å². The largest absolute Gasteiger partial charge is 0.493 e. The molecule has 24 heavy (non-hydrogen) atoms. The summed E-state index contributed by atoms with van der Waals surface area (Å²) in [6.45, 7) is 0.869. The third kappa shape index (κ3) is 3.24. The Bertz CT molecular complexity index is 818. The van der Waals surface area contributed by atoms with Crippen LogP contribution in [-0.4, -0.2) is 47.4 Å². The quantitative estimate of drug-likeness (QED) is 0.663. The Labute approximate surface area is 140 Å². The Morgan fingerprint density at radius 2 is 2.00 bits per heavy atom. The maximum atomic E-state index is 5.35. The van der Waals surface area contributed by atoms with Crippen molar-refractivity contribution in [3.8, 4) is 11.5 Å². The maximum Gasteiger partial charge on any atom is 0.203 e. The lowest BCUT2D eigenvalue weighted by Crippen LogP contribution is -2.21. The smallest absolute Gasteiger partial charge is 0.203 e. The van der Waals surface area contributed by atoms with E-state index in [4.69, 9.17) is 9.47 Å². The summed E-state index contributed by atoms with van der Waals surface area (Å²) in [5.41, 5.74) is 1.99. The molecule has 0 aliphatic heterocycles. The van der Waals surface area contributed by atoms with Gasteiger partial charge in [0.15, 0.2) is 17.3 Å². The molecule has 1 aromatic carbocycles. The van der Waals surface area contributed by atoms with Crippen LogP contribution in [0.3, 0.4) is 0 Å². The van der Waals surface area contributed by atoms with Crippen molar-refractivity contribution < 1.29 is 9.47 Å². The SMILES string of the molecule is COc1ccc(CCCN(C)c2nccn3cnnc23)cc1OC. The van der Waals surface area contributed by atoms with E-state index in [9.17, 15) is 0 Å². The van der Waals surface area contributed by atoms with Crippen LogP contribution < -0.4 is 14.4 Å². The molecule has 7 nitrogen and oxygen atoms in total. The van der Waals surface area contributed by atoms with Crippen LogP contribution in [0.1, 0.15) is 12.0 Å². The Hall–Kier alpha value is -2.83. The van der Waals surface area contributed by atoms with Crippen LogP contribution >= 0.6 is 0 Å². The van der Waals surface area contributed by atoms with Gasteiger partial charge in [0.2, 0.25) is 5.65 Å².